The molecule has 3 aromatic rings. The molecular weight excluding hydrogens is 357 g/mol. The summed E-state index contributed by atoms with van der Waals surface area (Å²) in [6.45, 7) is 2.15. The van der Waals surface area contributed by atoms with Gasteiger partial charge in [-0.2, -0.15) is 17.9 Å². The van der Waals surface area contributed by atoms with Crippen LogP contribution in [0.5, 0.6) is 0 Å². The van der Waals surface area contributed by atoms with Gasteiger partial charge in [-0.1, -0.05) is 41.1 Å². The van der Waals surface area contributed by atoms with Crippen molar-refractivity contribution in [3.63, 3.8) is 0 Å². The second-order valence-electron chi connectivity index (χ2n) is 5.41. The Hall–Kier alpha value is -2.61. The SMILES string of the molecule is Cc1ccccc1CNC(=O)n1nnc2cc(C(F)(F)F)cc(Cl)c21. The van der Waals surface area contributed by atoms with E-state index in [-0.39, 0.29) is 22.6 Å². The van der Waals surface area contributed by atoms with Gasteiger partial charge in [0.1, 0.15) is 11.0 Å². The first-order valence-electron chi connectivity index (χ1n) is 7.22. The molecule has 0 aliphatic rings. The smallest absolute Gasteiger partial charge is 0.332 e. The minimum absolute atomic E-state index is 0.0250. The molecule has 0 spiro atoms. The quantitative estimate of drug-likeness (QED) is 0.738. The second-order valence-corrected chi connectivity index (χ2v) is 5.82. The van der Waals surface area contributed by atoms with E-state index in [0.29, 0.717) is 0 Å². The largest absolute Gasteiger partial charge is 0.416 e. The Bertz CT molecular complexity index is 952. The molecule has 0 fully saturated rings. The predicted octanol–water partition coefficient (Wildman–Crippen LogP) is 4.17. The van der Waals surface area contributed by atoms with E-state index in [0.717, 1.165) is 27.9 Å². The number of amides is 1. The molecule has 0 saturated heterocycles. The van der Waals surface area contributed by atoms with Crippen molar-refractivity contribution in [2.75, 3.05) is 0 Å². The maximum absolute atomic E-state index is 12.8. The number of fused-ring (bicyclic) bond motifs is 1. The monoisotopic (exact) mass is 368 g/mol. The highest BCUT2D eigenvalue weighted by Gasteiger charge is 2.32. The van der Waals surface area contributed by atoms with E-state index >= 15 is 0 Å². The molecule has 130 valence electrons. The van der Waals surface area contributed by atoms with Crippen molar-refractivity contribution in [1.29, 1.82) is 0 Å². The van der Waals surface area contributed by atoms with Crippen molar-refractivity contribution < 1.29 is 18.0 Å². The maximum Gasteiger partial charge on any atom is 0.416 e. The van der Waals surface area contributed by atoms with Gasteiger partial charge in [0.15, 0.2) is 0 Å². The molecule has 25 heavy (non-hydrogen) atoms. The van der Waals surface area contributed by atoms with Crippen LogP contribution >= 0.6 is 11.6 Å². The van der Waals surface area contributed by atoms with E-state index in [1.165, 1.54) is 0 Å². The van der Waals surface area contributed by atoms with Gasteiger partial charge >= 0.3 is 12.2 Å². The molecule has 0 aliphatic heterocycles. The van der Waals surface area contributed by atoms with Gasteiger partial charge in [-0.3, -0.25) is 0 Å². The Morgan fingerprint density at radius 3 is 2.68 bits per heavy atom. The second kappa shape index (κ2) is 6.36. The third-order valence-electron chi connectivity index (χ3n) is 3.71. The highest BCUT2D eigenvalue weighted by atomic mass is 35.5. The summed E-state index contributed by atoms with van der Waals surface area (Å²) in [5.74, 6) is 0. The molecule has 1 amide bonds. The number of nitrogens with zero attached hydrogens (tertiary/aromatic N) is 3. The van der Waals surface area contributed by atoms with Gasteiger partial charge in [0.05, 0.1) is 10.6 Å². The van der Waals surface area contributed by atoms with Gasteiger partial charge in [-0.25, -0.2) is 4.79 Å². The molecule has 2 aromatic carbocycles. The molecule has 0 aliphatic carbocycles. The summed E-state index contributed by atoms with van der Waals surface area (Å²) in [6.07, 6.45) is -4.56. The number of rotatable bonds is 2. The summed E-state index contributed by atoms with van der Waals surface area (Å²) >= 11 is 5.92. The van der Waals surface area contributed by atoms with E-state index in [1.54, 1.807) is 0 Å². The van der Waals surface area contributed by atoms with Crippen LogP contribution in [0.2, 0.25) is 5.02 Å². The van der Waals surface area contributed by atoms with Crippen LogP contribution in [-0.2, 0) is 12.7 Å². The van der Waals surface area contributed by atoms with Crippen molar-refractivity contribution in [2.24, 2.45) is 0 Å². The number of benzene rings is 2. The number of aryl methyl sites for hydroxylation is 1. The average molecular weight is 369 g/mol. The fourth-order valence-corrected chi connectivity index (χ4v) is 2.66. The van der Waals surface area contributed by atoms with Gasteiger partial charge in [-0.15, -0.1) is 5.10 Å². The Morgan fingerprint density at radius 2 is 2.00 bits per heavy atom. The Kier molecular flexibility index (Phi) is 4.38. The molecule has 1 heterocycles. The number of carbonyl (C=O) groups excluding carboxylic acids is 1. The zero-order valence-corrected chi connectivity index (χ0v) is 13.7. The topological polar surface area (TPSA) is 59.8 Å². The summed E-state index contributed by atoms with van der Waals surface area (Å²) in [7, 11) is 0. The lowest BCUT2D eigenvalue weighted by Gasteiger charge is -2.09. The van der Waals surface area contributed by atoms with Gasteiger partial charge < -0.3 is 5.32 Å². The van der Waals surface area contributed by atoms with E-state index in [1.807, 2.05) is 31.2 Å². The van der Waals surface area contributed by atoms with Crippen LogP contribution in [0.1, 0.15) is 16.7 Å². The lowest BCUT2D eigenvalue weighted by Crippen LogP contribution is -2.29. The molecule has 0 bridgehead atoms. The lowest BCUT2D eigenvalue weighted by atomic mass is 10.1. The summed E-state index contributed by atoms with van der Waals surface area (Å²) in [5, 5.41) is 9.63. The highest BCUT2D eigenvalue weighted by molar-refractivity contribution is 6.35. The first-order chi connectivity index (χ1) is 11.8. The number of carbonyl (C=O) groups is 1. The van der Waals surface area contributed by atoms with Crippen LogP contribution in [0.25, 0.3) is 11.0 Å². The van der Waals surface area contributed by atoms with Crippen LogP contribution in [0, 0.1) is 6.92 Å². The summed E-state index contributed by atoms with van der Waals surface area (Å²) < 4.78 is 39.3. The summed E-state index contributed by atoms with van der Waals surface area (Å²) in [4.78, 5) is 12.3. The fraction of sp³-hybridized carbons (Fsp3) is 0.188. The number of hydrogen-bond donors (Lipinski definition) is 1. The van der Waals surface area contributed by atoms with Gasteiger partial charge in [0.2, 0.25) is 0 Å². The number of nitrogens with one attached hydrogen (secondary N) is 1. The molecule has 1 N–H and O–H groups in total. The molecule has 9 heteroatoms. The Morgan fingerprint density at radius 1 is 1.28 bits per heavy atom. The van der Waals surface area contributed by atoms with Crippen molar-refractivity contribution in [3.05, 3.63) is 58.1 Å². The third kappa shape index (κ3) is 3.43. The summed E-state index contributed by atoms with van der Waals surface area (Å²) in [6, 6.07) is 8.41. The Balaban J connectivity index is 1.89. The number of hydrogen-bond acceptors (Lipinski definition) is 3. The van der Waals surface area contributed by atoms with Crippen molar-refractivity contribution in [2.45, 2.75) is 19.6 Å². The number of halogens is 4. The van der Waals surface area contributed by atoms with Crippen LogP contribution in [-0.4, -0.2) is 21.0 Å². The Labute approximate surface area is 145 Å². The van der Waals surface area contributed by atoms with Gasteiger partial charge in [0, 0.05) is 6.54 Å². The third-order valence-corrected chi connectivity index (χ3v) is 4.00. The number of alkyl halides is 3. The van der Waals surface area contributed by atoms with Crippen LogP contribution < -0.4 is 5.32 Å². The zero-order chi connectivity index (χ0) is 18.2. The molecule has 1 aromatic heterocycles. The lowest BCUT2D eigenvalue weighted by molar-refractivity contribution is -0.137. The van der Waals surface area contributed by atoms with E-state index < -0.39 is 17.8 Å². The fourth-order valence-electron chi connectivity index (χ4n) is 2.37. The molecule has 0 atom stereocenters. The first-order valence-corrected chi connectivity index (χ1v) is 7.60. The molecule has 0 radical (unpaired) electrons. The number of aromatic nitrogens is 3. The average Bonchev–Trinajstić information content (AvgIpc) is 2.97. The first kappa shape index (κ1) is 17.2. The molecular formula is C16H12ClF3N4O. The minimum Gasteiger partial charge on any atom is -0.332 e. The van der Waals surface area contributed by atoms with Crippen LogP contribution in [0.15, 0.2) is 36.4 Å². The maximum atomic E-state index is 12.8. The van der Waals surface area contributed by atoms with Crippen LogP contribution in [0.3, 0.4) is 0 Å². The van der Waals surface area contributed by atoms with E-state index in [4.69, 9.17) is 11.6 Å². The van der Waals surface area contributed by atoms with Crippen molar-refractivity contribution in [1.82, 2.24) is 20.3 Å². The highest BCUT2D eigenvalue weighted by Crippen LogP contribution is 2.34. The minimum atomic E-state index is -4.56. The summed E-state index contributed by atoms with van der Waals surface area (Å²) in [5.41, 5.74) is 0.880. The zero-order valence-electron chi connectivity index (χ0n) is 12.9. The van der Waals surface area contributed by atoms with E-state index in [2.05, 4.69) is 15.6 Å². The van der Waals surface area contributed by atoms with Crippen LogP contribution in [0.4, 0.5) is 18.0 Å². The molecule has 0 unspecified atom stereocenters. The van der Waals surface area contributed by atoms with Gasteiger partial charge in [-0.05, 0) is 30.2 Å². The normalized spacial score (nSPS) is 11.7. The molecule has 0 saturated carbocycles. The standard InChI is InChI=1S/C16H12ClF3N4O/c1-9-4-2-3-5-10(9)8-21-15(25)24-14-12(17)6-11(16(18,19)20)7-13(14)22-23-24/h2-7H,8H2,1H3,(H,21,25). The van der Waals surface area contributed by atoms with Crippen molar-refractivity contribution in [3.8, 4) is 0 Å². The molecule has 3 rings (SSSR count). The predicted molar refractivity (Wildman–Crippen MR) is 86.4 cm³/mol. The van der Waals surface area contributed by atoms with E-state index in [9.17, 15) is 18.0 Å². The molecule has 5 nitrogen and oxygen atoms in total. The van der Waals surface area contributed by atoms with Crippen molar-refractivity contribution >= 4 is 28.7 Å². The van der Waals surface area contributed by atoms with Gasteiger partial charge in [0.25, 0.3) is 0 Å².